The minimum atomic E-state index is -0.105. The van der Waals surface area contributed by atoms with Crippen molar-refractivity contribution in [2.45, 2.75) is 45.2 Å². The van der Waals surface area contributed by atoms with E-state index in [1.807, 2.05) is 27.2 Å². The van der Waals surface area contributed by atoms with Crippen molar-refractivity contribution in [3.8, 4) is 0 Å². The highest BCUT2D eigenvalue weighted by atomic mass is 16.1. The van der Waals surface area contributed by atoms with Crippen LogP contribution in [-0.2, 0) is 4.79 Å². The maximum absolute atomic E-state index is 10.8. The number of carbonyl (C=O) groups excluding carboxylic acids is 1. The van der Waals surface area contributed by atoms with Gasteiger partial charge in [-0.2, -0.15) is 0 Å². The van der Waals surface area contributed by atoms with Crippen LogP contribution >= 0.6 is 0 Å². The molecule has 1 aliphatic rings. The van der Waals surface area contributed by atoms with E-state index in [-0.39, 0.29) is 5.54 Å². The molecular weight excluding hydrogens is 164 g/mol. The average molecular weight is 183 g/mol. The molecule has 0 heterocycles. The molecule has 0 bridgehead atoms. The number of nitrogens with two attached hydrogens (primary N) is 1. The standard InChI is InChI=1S/C10H19N2O/c1-10(2,3)12(7-13)9-4-8(5-9)6-11/h8-9H,4-6,11H2,1-3H3. The van der Waals surface area contributed by atoms with Crippen molar-refractivity contribution in [1.82, 2.24) is 4.90 Å². The average Bonchev–Trinajstić information content (AvgIpc) is 1.92. The summed E-state index contributed by atoms with van der Waals surface area (Å²) in [5, 5.41) is 0. The van der Waals surface area contributed by atoms with Crippen LogP contribution in [0.2, 0.25) is 0 Å². The molecule has 3 nitrogen and oxygen atoms in total. The monoisotopic (exact) mass is 183 g/mol. The van der Waals surface area contributed by atoms with Gasteiger partial charge in [-0.15, -0.1) is 0 Å². The van der Waals surface area contributed by atoms with Crippen molar-refractivity contribution in [3.05, 3.63) is 0 Å². The van der Waals surface area contributed by atoms with Gasteiger partial charge in [0.1, 0.15) is 0 Å². The summed E-state index contributed by atoms with van der Waals surface area (Å²) < 4.78 is 0. The fraction of sp³-hybridized carbons (Fsp3) is 0.900. The maximum Gasteiger partial charge on any atom is 0.312 e. The normalized spacial score (nSPS) is 28.0. The molecule has 1 fully saturated rings. The molecule has 0 saturated heterocycles. The fourth-order valence-electron chi connectivity index (χ4n) is 1.86. The van der Waals surface area contributed by atoms with E-state index in [1.54, 1.807) is 4.90 Å². The highest BCUT2D eigenvalue weighted by Crippen LogP contribution is 2.33. The minimum absolute atomic E-state index is 0.105. The van der Waals surface area contributed by atoms with E-state index >= 15 is 0 Å². The van der Waals surface area contributed by atoms with Crippen molar-refractivity contribution in [1.29, 1.82) is 0 Å². The van der Waals surface area contributed by atoms with Crippen molar-refractivity contribution in [2.75, 3.05) is 6.54 Å². The Kier molecular flexibility index (Phi) is 2.96. The summed E-state index contributed by atoms with van der Waals surface area (Å²) in [6.07, 6.45) is 4.12. The Hall–Kier alpha value is -0.570. The molecule has 13 heavy (non-hydrogen) atoms. The van der Waals surface area contributed by atoms with Gasteiger partial charge in [0.2, 0.25) is 0 Å². The molecule has 2 N–H and O–H groups in total. The first-order valence-corrected chi connectivity index (χ1v) is 4.86. The van der Waals surface area contributed by atoms with Gasteiger partial charge in [-0.3, -0.25) is 4.79 Å². The van der Waals surface area contributed by atoms with Gasteiger partial charge < -0.3 is 10.6 Å². The zero-order valence-corrected chi connectivity index (χ0v) is 8.71. The van der Waals surface area contributed by atoms with E-state index < -0.39 is 0 Å². The Morgan fingerprint density at radius 1 is 1.46 bits per heavy atom. The van der Waals surface area contributed by atoms with Gasteiger partial charge >= 0.3 is 6.41 Å². The largest absolute Gasteiger partial charge is 0.330 e. The van der Waals surface area contributed by atoms with Crippen LogP contribution in [0.15, 0.2) is 0 Å². The van der Waals surface area contributed by atoms with Crippen molar-refractivity contribution in [2.24, 2.45) is 11.7 Å². The SMILES string of the molecule is CC(C)(C)N([C]=O)C1CC(CN)C1. The van der Waals surface area contributed by atoms with Crippen LogP contribution in [0.25, 0.3) is 0 Å². The number of hydrogen-bond donors (Lipinski definition) is 1. The van der Waals surface area contributed by atoms with Gasteiger partial charge in [-0.05, 0) is 46.1 Å². The van der Waals surface area contributed by atoms with Crippen LogP contribution in [0.4, 0.5) is 0 Å². The molecule has 0 atom stereocenters. The van der Waals surface area contributed by atoms with Crippen LogP contribution < -0.4 is 5.73 Å². The molecule has 75 valence electrons. The van der Waals surface area contributed by atoms with Gasteiger partial charge in [0, 0.05) is 11.6 Å². The zero-order chi connectivity index (χ0) is 10.1. The molecule has 0 aromatic rings. The highest BCUT2D eigenvalue weighted by molar-refractivity contribution is 5.50. The van der Waals surface area contributed by atoms with Crippen molar-refractivity contribution >= 4 is 6.41 Å². The zero-order valence-electron chi connectivity index (χ0n) is 8.71. The van der Waals surface area contributed by atoms with Gasteiger partial charge in [0.15, 0.2) is 0 Å². The Morgan fingerprint density at radius 3 is 2.31 bits per heavy atom. The van der Waals surface area contributed by atoms with Crippen LogP contribution in [0.3, 0.4) is 0 Å². The summed E-state index contributed by atoms with van der Waals surface area (Å²) in [5.41, 5.74) is 5.42. The summed E-state index contributed by atoms with van der Waals surface area (Å²) in [7, 11) is 0. The molecule has 1 saturated carbocycles. The predicted octanol–water partition coefficient (Wildman–Crippen LogP) is 0.891. The van der Waals surface area contributed by atoms with E-state index in [1.165, 1.54) is 0 Å². The third-order valence-electron chi connectivity index (χ3n) is 2.73. The first-order valence-electron chi connectivity index (χ1n) is 4.86. The first-order chi connectivity index (χ1) is 5.99. The lowest BCUT2D eigenvalue weighted by Gasteiger charge is -2.46. The highest BCUT2D eigenvalue weighted by Gasteiger charge is 2.37. The van der Waals surface area contributed by atoms with Crippen molar-refractivity contribution in [3.63, 3.8) is 0 Å². The molecule has 0 aliphatic heterocycles. The fourth-order valence-corrected chi connectivity index (χ4v) is 1.86. The minimum Gasteiger partial charge on any atom is -0.330 e. The maximum atomic E-state index is 10.8. The van der Waals surface area contributed by atoms with Crippen LogP contribution in [0.1, 0.15) is 33.6 Å². The Labute approximate surface area is 80.3 Å². The van der Waals surface area contributed by atoms with Crippen molar-refractivity contribution < 1.29 is 4.79 Å². The van der Waals surface area contributed by atoms with Crippen LogP contribution in [0, 0.1) is 5.92 Å². The molecule has 1 rings (SSSR count). The lowest BCUT2D eigenvalue weighted by molar-refractivity contribution is 0.0735. The molecule has 1 amide bonds. The number of nitrogens with zero attached hydrogens (tertiary/aromatic N) is 1. The molecule has 1 radical (unpaired) electrons. The third-order valence-corrected chi connectivity index (χ3v) is 2.73. The van der Waals surface area contributed by atoms with Gasteiger partial charge in [-0.25, -0.2) is 0 Å². The molecule has 1 aliphatic carbocycles. The summed E-state index contributed by atoms with van der Waals surface area (Å²) in [4.78, 5) is 12.5. The van der Waals surface area contributed by atoms with E-state index in [9.17, 15) is 4.79 Å². The summed E-state index contributed by atoms with van der Waals surface area (Å²) in [5.74, 6) is 0.614. The van der Waals surface area contributed by atoms with Crippen LogP contribution in [-0.4, -0.2) is 29.4 Å². The lowest BCUT2D eigenvalue weighted by Crippen LogP contribution is -2.53. The van der Waals surface area contributed by atoms with E-state index in [0.29, 0.717) is 12.0 Å². The quantitative estimate of drug-likeness (QED) is 0.660. The molecule has 3 heteroatoms. The first kappa shape index (κ1) is 10.5. The summed E-state index contributed by atoms with van der Waals surface area (Å²) in [6, 6.07) is 0.367. The van der Waals surface area contributed by atoms with Gasteiger partial charge in [-0.1, -0.05) is 0 Å². The van der Waals surface area contributed by atoms with E-state index in [0.717, 1.165) is 19.4 Å². The van der Waals surface area contributed by atoms with E-state index in [2.05, 4.69) is 0 Å². The summed E-state index contributed by atoms with van der Waals surface area (Å²) in [6.45, 7) is 6.85. The number of rotatable bonds is 3. The molecule has 0 aromatic heterocycles. The van der Waals surface area contributed by atoms with Gasteiger partial charge in [0.25, 0.3) is 0 Å². The van der Waals surface area contributed by atoms with Crippen LogP contribution in [0.5, 0.6) is 0 Å². The molecule has 0 unspecified atom stereocenters. The molecule has 0 spiro atoms. The Bertz CT molecular complexity index is 180. The topological polar surface area (TPSA) is 46.3 Å². The Balaban J connectivity index is 2.47. The smallest absolute Gasteiger partial charge is 0.312 e. The number of hydrogen-bond acceptors (Lipinski definition) is 2. The Morgan fingerprint density at radius 2 is 2.00 bits per heavy atom. The molecule has 0 aromatic carbocycles. The summed E-state index contributed by atoms with van der Waals surface area (Å²) >= 11 is 0. The second-order valence-electron chi connectivity index (χ2n) is 4.86. The molecular formula is C10H19N2O. The van der Waals surface area contributed by atoms with Gasteiger partial charge in [0.05, 0.1) is 0 Å². The second-order valence-corrected chi connectivity index (χ2v) is 4.86. The number of amides is 1. The lowest BCUT2D eigenvalue weighted by atomic mass is 9.78. The second kappa shape index (κ2) is 3.66. The van der Waals surface area contributed by atoms with E-state index in [4.69, 9.17) is 5.73 Å². The predicted molar refractivity (Wildman–Crippen MR) is 52.9 cm³/mol. The third kappa shape index (κ3) is 2.21.